The third-order valence-corrected chi connectivity index (χ3v) is 24.0. The minimum atomic E-state index is -1.00. The second kappa shape index (κ2) is 59.1. The lowest BCUT2D eigenvalue weighted by atomic mass is 9.75. The third-order valence-electron chi connectivity index (χ3n) is 24.0. The number of carboxylic acids is 3. The number of nitrogens with two attached hydrogens (primary N) is 1. The molecule has 0 aliphatic carbocycles. The molecule has 0 bridgehead atoms. The van der Waals surface area contributed by atoms with Crippen molar-refractivity contribution in [2.24, 2.45) is 95.5 Å². The Balaban J connectivity index is 0.000000809. The molecule has 2 fully saturated rings. The largest absolute Gasteiger partial charge is 0.481 e. The number of amides is 2. The van der Waals surface area contributed by atoms with Gasteiger partial charge in [0.25, 0.3) is 12.0 Å². The van der Waals surface area contributed by atoms with E-state index in [1.54, 1.807) is 33.9 Å². The maximum absolute atomic E-state index is 13.1. The lowest BCUT2D eigenvalue weighted by molar-refractivity contribution is -0.192. The van der Waals surface area contributed by atoms with E-state index in [1.165, 1.54) is 28.4 Å². The number of H-pyrrole nitrogens is 1. The number of hydrogen-bond donors (Lipinski definition) is 8. The van der Waals surface area contributed by atoms with Crippen LogP contribution in [0.25, 0.3) is 0 Å². The molecule has 2 amide bonds. The van der Waals surface area contributed by atoms with Crippen molar-refractivity contribution < 1.29 is 77.8 Å². The Hall–Kier alpha value is -10.9. The fourth-order valence-electron chi connectivity index (χ4n) is 15.0. The molecule has 0 saturated carbocycles. The van der Waals surface area contributed by atoms with E-state index >= 15 is 0 Å². The van der Waals surface area contributed by atoms with Gasteiger partial charge < -0.3 is 51.0 Å². The van der Waals surface area contributed by atoms with Crippen molar-refractivity contribution in [2.45, 2.75) is 341 Å². The van der Waals surface area contributed by atoms with E-state index in [0.717, 1.165) is 53.3 Å². The van der Waals surface area contributed by atoms with Gasteiger partial charge in [0.15, 0.2) is 5.78 Å². The summed E-state index contributed by atoms with van der Waals surface area (Å²) in [7, 11) is 0. The highest BCUT2D eigenvalue weighted by Crippen LogP contribution is 2.39. The number of amidine groups is 1. The molecule has 26 heteroatoms. The Morgan fingerprint density at radius 3 is 1.34 bits per heavy atom. The second-order valence-corrected chi connectivity index (χ2v) is 46.7. The lowest BCUT2D eigenvalue weighted by Gasteiger charge is -2.32. The van der Waals surface area contributed by atoms with Gasteiger partial charge in [-0.2, -0.15) is 9.59 Å². The van der Waals surface area contributed by atoms with E-state index in [-0.39, 0.29) is 92.1 Å². The van der Waals surface area contributed by atoms with Crippen molar-refractivity contribution in [3.05, 3.63) is 230 Å². The molecule has 26 nitrogen and oxygen atoms in total. The summed E-state index contributed by atoms with van der Waals surface area (Å²) in [6, 6.07) is 47.9. The van der Waals surface area contributed by atoms with Crippen LogP contribution < -0.4 is 27.6 Å². The van der Waals surface area contributed by atoms with E-state index in [9.17, 15) is 58.5 Å². The van der Waals surface area contributed by atoms with Gasteiger partial charge in [0.05, 0.1) is 48.2 Å². The van der Waals surface area contributed by atoms with Crippen molar-refractivity contribution in [2.75, 3.05) is 6.61 Å². The standard InChI is InChI=1S/C22H33NO3.C19H29NO3.C14H22N2O4.C13H20N2.C13H21N.C13H18O2.C12H17NO2.C7H14O2.CO2/c1-15(2)12-18(19(24)22(6)14-26-22)23-20(25)17(21(3,4)5)13-16-10-8-7-9-11-16;1-13(2)11-15(19(3,4)5)17(21)20-16(18(22)23)12-14-9-7-6-8-10-14;1-8-7-16(13(19)15-12(8)18)11-5-9(17)10(20-11)6-14(2,3)4;1-10(14)15-12-7-5-11(6-8-12)9-13(2,3)4;1-5-11(13(2,3)4)10-12-8-6-7-9-14-12;1-13(2,3)11(12(14)15)9-10-7-5-4-6-8-10;1-12(2,3)11(15-9-14)8-10-6-4-5-7-13-10;1-5(6(8)9)7(2,3)4;2-1-3/h7-11,15,17-18H,12-14H2,1-6H3,(H,23,25);6-10,13,15-16H,11-12H2,1-5H3,(H,20,21)(H,22,23);7,9-11,17H,5-6H2,1-4H3,(H,15,18,19);5-8H,9H2,1-4H3,(H2,14,15);6-9,11H,5,10H2,1-4H3;4-8,11H,9H2,1-3H3,(H,14,15);4-7,9,11H,8H2,1-3H3;5H,1-4H3,(H,8,9);. The SMILES string of the molecule is CC(C(=O)O)C(C)(C)C.CC(C)(C)C(Cc1ccccc1)C(=O)O.CC(C)(C)C(Cc1ccccn1)OC=O.CC(C)CC(C(=O)NC(Cc1ccccc1)C(=O)O)C(C)(C)C.CC(C)CC(NC(=O)C(Cc1ccccc1)C(C)(C)C)C(=O)C1(C)CO1.CC(N)=Nc1ccc(CC(C)(C)C)cc1.CCC(Cc1ccccn1)C(C)(C)C.Cc1cn(C2CC(O)C(CC(C)(C)C)O2)c(=O)[nH]c1=O.O=C=O. The maximum atomic E-state index is 13.1. The Morgan fingerprint density at radius 1 is 0.557 bits per heavy atom. The average Bonchev–Trinajstić information content (AvgIpc) is 1.63. The van der Waals surface area contributed by atoms with Crippen LogP contribution in [0, 0.1) is 91.7 Å². The number of carbonyl (C=O) groups is 7. The van der Waals surface area contributed by atoms with Gasteiger partial charge in [0, 0.05) is 66.6 Å². The number of aliphatic imine (C=N–C) groups is 1. The number of hydrogen-bond acceptors (Lipinski definition) is 18. The Morgan fingerprint density at radius 2 is 0.986 bits per heavy atom. The van der Waals surface area contributed by atoms with Crippen LogP contribution in [0.3, 0.4) is 0 Å². The number of aromatic amines is 1. The molecule has 9 N–H and O–H groups in total. The van der Waals surface area contributed by atoms with Crippen molar-refractivity contribution in [3.63, 3.8) is 0 Å². The first-order chi connectivity index (χ1) is 64.4. The van der Waals surface area contributed by atoms with Crippen LogP contribution in [0.4, 0.5) is 5.69 Å². The van der Waals surface area contributed by atoms with Crippen LogP contribution in [-0.4, -0.2) is 137 Å². The lowest BCUT2D eigenvalue weighted by Crippen LogP contribution is -2.50. The second-order valence-electron chi connectivity index (χ2n) is 46.7. The van der Waals surface area contributed by atoms with Crippen LogP contribution in [0.2, 0.25) is 0 Å². The molecule has 0 radical (unpaired) electrons. The number of aliphatic hydroxyl groups is 1. The molecule has 2 aliphatic heterocycles. The summed E-state index contributed by atoms with van der Waals surface area (Å²) in [6.45, 7) is 68.4. The maximum Gasteiger partial charge on any atom is 0.373 e. The molecule has 2 saturated heterocycles. The number of nitrogens with zero attached hydrogens (tertiary/aromatic N) is 4. The van der Waals surface area contributed by atoms with Crippen LogP contribution in [0.15, 0.2) is 185 Å². The number of epoxide rings is 1. The summed E-state index contributed by atoms with van der Waals surface area (Å²) in [5.41, 5.74) is 11.8. The molecule has 778 valence electrons. The number of Topliss-reactive ketones (excluding diaryl/α,β-unsaturated/α-hetero) is 1. The molecular weight excluding hydrogens is 1770 g/mol. The first-order valence-electron chi connectivity index (χ1n) is 49.0. The topological polar surface area (TPSA) is 409 Å². The minimum absolute atomic E-state index is 0.00748. The number of ether oxygens (including phenoxy) is 3. The number of pyridine rings is 2. The fourth-order valence-corrected chi connectivity index (χ4v) is 15.0. The molecule has 0 spiro atoms. The molecule has 2 aliphatic rings. The summed E-state index contributed by atoms with van der Waals surface area (Å²) in [6.07, 6.45) is 11.9. The number of benzene rings is 4. The number of aryl methyl sites for hydroxylation is 1. The molecule has 140 heavy (non-hydrogen) atoms. The Kier molecular flexibility index (Phi) is 53.6. The van der Waals surface area contributed by atoms with Gasteiger partial charge in [-0.15, -0.1) is 0 Å². The van der Waals surface area contributed by atoms with E-state index in [1.807, 2.05) is 217 Å². The number of rotatable bonds is 30. The summed E-state index contributed by atoms with van der Waals surface area (Å²) in [4.78, 5) is 136. The fraction of sp³-hybridized carbons (Fsp3) is 0.588. The van der Waals surface area contributed by atoms with Gasteiger partial charge in [-0.1, -0.05) is 329 Å². The minimum Gasteiger partial charge on any atom is -0.481 e. The first-order valence-corrected chi connectivity index (χ1v) is 49.0. The van der Waals surface area contributed by atoms with Gasteiger partial charge in [0.2, 0.25) is 11.8 Å². The molecule has 5 heterocycles. The molecule has 3 aromatic heterocycles. The molecule has 4 aromatic carbocycles. The van der Waals surface area contributed by atoms with Crippen molar-refractivity contribution in [1.29, 1.82) is 0 Å². The zero-order chi connectivity index (χ0) is 107. The van der Waals surface area contributed by atoms with Gasteiger partial charge in [-0.3, -0.25) is 53.1 Å². The number of nitrogens with one attached hydrogen (secondary N) is 3. The molecule has 12 atom stereocenters. The number of aromatic nitrogens is 4. The van der Waals surface area contributed by atoms with E-state index in [4.69, 9.17) is 34.6 Å². The van der Waals surface area contributed by atoms with Crippen molar-refractivity contribution in [1.82, 2.24) is 30.2 Å². The van der Waals surface area contributed by atoms with Gasteiger partial charge >= 0.3 is 29.7 Å². The van der Waals surface area contributed by atoms with Gasteiger partial charge in [0.1, 0.15) is 24.0 Å². The molecular formula is C114H174N8O18. The molecule has 9 rings (SSSR count). The quantitative estimate of drug-likeness (QED) is 0.00897. The number of ketones is 1. The summed E-state index contributed by atoms with van der Waals surface area (Å²) < 4.78 is 17.6. The third kappa shape index (κ3) is 52.0. The normalized spacial score (nSPS) is 17.0. The number of carbonyl (C=O) groups excluding carboxylic acids is 6. The van der Waals surface area contributed by atoms with Gasteiger partial charge in [-0.25, -0.2) is 14.6 Å². The summed E-state index contributed by atoms with van der Waals surface area (Å²) in [5, 5.41) is 43.0. The monoisotopic (exact) mass is 1940 g/mol. The Labute approximate surface area is 836 Å². The van der Waals surface area contributed by atoms with Crippen molar-refractivity contribution in [3.8, 4) is 0 Å². The van der Waals surface area contributed by atoms with Crippen LogP contribution in [-0.2, 0) is 95.9 Å². The zero-order valence-corrected chi connectivity index (χ0v) is 90.6. The number of aliphatic hydroxyl groups excluding tert-OH is 1. The van der Waals surface area contributed by atoms with Gasteiger partial charge in [-0.05, 0) is 185 Å². The van der Waals surface area contributed by atoms with E-state index in [2.05, 4.69) is 173 Å². The first kappa shape index (κ1) is 127. The molecule has 12 unspecified atom stereocenters. The highest BCUT2D eigenvalue weighted by atomic mass is 16.6. The summed E-state index contributed by atoms with van der Waals surface area (Å²) >= 11 is 0. The van der Waals surface area contributed by atoms with Crippen LogP contribution >= 0.6 is 0 Å². The van der Waals surface area contributed by atoms with E-state index in [0.29, 0.717) is 92.1 Å². The predicted molar refractivity (Wildman–Crippen MR) is 559 cm³/mol. The highest BCUT2D eigenvalue weighted by molar-refractivity contribution is 5.97. The average molecular weight is 1940 g/mol. The van der Waals surface area contributed by atoms with Crippen molar-refractivity contribution >= 4 is 59.7 Å². The summed E-state index contributed by atoms with van der Waals surface area (Å²) in [5.74, 6) is -1.68. The number of carboxylic acid groups (broad SMARTS) is 3. The highest BCUT2D eigenvalue weighted by Gasteiger charge is 2.51. The van der Waals surface area contributed by atoms with Crippen LogP contribution in [0.1, 0.15) is 299 Å². The number of aliphatic carboxylic acids is 3. The smallest absolute Gasteiger partial charge is 0.373 e. The zero-order valence-electron chi connectivity index (χ0n) is 90.6. The van der Waals surface area contributed by atoms with Crippen LogP contribution in [0.5, 0.6) is 0 Å². The van der Waals surface area contributed by atoms with E-state index < -0.39 is 59.2 Å². The molecule has 7 aromatic rings. The predicted octanol–water partition coefficient (Wildman–Crippen LogP) is 21.6. The Bertz CT molecular complexity index is 4990.